The van der Waals surface area contributed by atoms with Crippen LogP contribution < -0.4 is 0 Å². The van der Waals surface area contributed by atoms with Crippen LogP contribution in [-0.4, -0.2) is 45.7 Å². The second kappa shape index (κ2) is 8.84. The van der Waals surface area contributed by atoms with E-state index >= 15 is 0 Å². The van der Waals surface area contributed by atoms with Gasteiger partial charge in [-0.1, -0.05) is 48.0 Å². The van der Waals surface area contributed by atoms with Crippen molar-refractivity contribution < 1.29 is 5.11 Å². The van der Waals surface area contributed by atoms with Gasteiger partial charge in [-0.15, -0.1) is 0 Å². The summed E-state index contributed by atoms with van der Waals surface area (Å²) in [5.41, 5.74) is 5.81. The lowest BCUT2D eigenvalue weighted by atomic mass is 9.57. The minimum Gasteiger partial charge on any atom is -0.389 e. The highest BCUT2D eigenvalue weighted by molar-refractivity contribution is 5.75. The van der Waals surface area contributed by atoms with Gasteiger partial charge in [-0.2, -0.15) is 0 Å². The van der Waals surface area contributed by atoms with Crippen molar-refractivity contribution in [3.63, 3.8) is 0 Å². The van der Waals surface area contributed by atoms with Crippen LogP contribution in [0, 0.1) is 11.8 Å². The van der Waals surface area contributed by atoms with E-state index in [1.165, 1.54) is 23.1 Å². The molecule has 2 N–H and O–H groups in total. The minimum absolute atomic E-state index is 0.263. The van der Waals surface area contributed by atoms with E-state index < -0.39 is 5.60 Å². The third-order valence-electron chi connectivity index (χ3n) is 7.84. The molecule has 1 fully saturated rings. The SMILES string of the molecule is CC1=C(c2ccccc2)[C@@H]2CC[C@@H]1C[C@@]2(O)CCN(C)CCCc1nc2ccccc2[nH]1. The van der Waals surface area contributed by atoms with Crippen LogP contribution in [0.25, 0.3) is 16.6 Å². The van der Waals surface area contributed by atoms with Crippen LogP contribution in [-0.2, 0) is 6.42 Å². The van der Waals surface area contributed by atoms with Gasteiger partial charge in [0.2, 0.25) is 0 Å². The first-order chi connectivity index (χ1) is 15.5. The number of hydrogen-bond donors (Lipinski definition) is 2. The Morgan fingerprint density at radius 1 is 1.06 bits per heavy atom. The maximum absolute atomic E-state index is 11.8. The summed E-state index contributed by atoms with van der Waals surface area (Å²) in [6.45, 7) is 4.24. The van der Waals surface area contributed by atoms with Gasteiger partial charge in [0.05, 0.1) is 16.6 Å². The number of nitrogens with zero attached hydrogens (tertiary/aromatic N) is 2. The molecule has 3 aliphatic carbocycles. The lowest BCUT2D eigenvalue weighted by Crippen LogP contribution is -2.49. The summed E-state index contributed by atoms with van der Waals surface area (Å²) in [5, 5.41) is 11.8. The van der Waals surface area contributed by atoms with Crippen molar-refractivity contribution in [2.75, 3.05) is 20.1 Å². The molecule has 3 aliphatic rings. The van der Waals surface area contributed by atoms with E-state index in [4.69, 9.17) is 4.98 Å². The number of aromatic nitrogens is 2. The highest BCUT2D eigenvalue weighted by Crippen LogP contribution is 2.54. The van der Waals surface area contributed by atoms with E-state index in [2.05, 4.69) is 66.3 Å². The van der Waals surface area contributed by atoms with Gasteiger partial charge in [0.15, 0.2) is 0 Å². The fourth-order valence-electron chi connectivity index (χ4n) is 6.04. The van der Waals surface area contributed by atoms with Gasteiger partial charge in [0.25, 0.3) is 0 Å². The highest BCUT2D eigenvalue weighted by Gasteiger charge is 2.49. The molecule has 4 heteroatoms. The van der Waals surface area contributed by atoms with Crippen LogP contribution in [0.4, 0.5) is 0 Å². The van der Waals surface area contributed by atoms with E-state index in [1.807, 2.05) is 12.1 Å². The molecule has 0 spiro atoms. The molecule has 0 aliphatic heterocycles. The second-order valence-corrected chi connectivity index (χ2v) is 9.95. The Kier molecular flexibility index (Phi) is 5.92. The molecule has 3 atom stereocenters. The maximum atomic E-state index is 11.8. The number of para-hydroxylation sites is 2. The molecule has 0 amide bonds. The summed E-state index contributed by atoms with van der Waals surface area (Å²) in [4.78, 5) is 10.5. The van der Waals surface area contributed by atoms with Crippen LogP contribution in [0.15, 0.2) is 60.2 Å². The standard InChI is InChI=1S/C28H35N3O/c1-20-22-14-15-23(27(20)21-9-4-3-5-10-21)28(32,19-22)16-18-31(2)17-8-13-26-29-24-11-6-7-12-25(24)30-26/h3-7,9-12,22-23,32H,8,13-19H2,1-2H3,(H,29,30)/t22-,23+,28+/m1/s1. The van der Waals surface area contributed by atoms with Crippen molar-refractivity contribution in [3.05, 3.63) is 71.6 Å². The van der Waals surface area contributed by atoms with Gasteiger partial charge in [0.1, 0.15) is 5.82 Å². The number of nitrogens with one attached hydrogen (secondary N) is 1. The molecular weight excluding hydrogens is 394 g/mol. The molecular formula is C28H35N3O. The van der Waals surface area contributed by atoms with Gasteiger partial charge in [-0.3, -0.25) is 0 Å². The lowest BCUT2D eigenvalue weighted by Gasteiger charge is -2.51. The first-order valence-corrected chi connectivity index (χ1v) is 12.1. The zero-order chi connectivity index (χ0) is 22.1. The fraction of sp³-hybridized carbons (Fsp3) is 0.464. The van der Waals surface area contributed by atoms with Crippen molar-refractivity contribution in [1.82, 2.24) is 14.9 Å². The van der Waals surface area contributed by atoms with Crippen molar-refractivity contribution in [1.29, 1.82) is 0 Å². The number of aliphatic hydroxyl groups is 1. The van der Waals surface area contributed by atoms with Crippen molar-refractivity contribution in [3.8, 4) is 0 Å². The van der Waals surface area contributed by atoms with Gasteiger partial charge >= 0.3 is 0 Å². The number of allylic oxidation sites excluding steroid dienone is 1. The molecule has 168 valence electrons. The molecule has 0 radical (unpaired) electrons. The summed E-state index contributed by atoms with van der Waals surface area (Å²) in [6, 6.07) is 18.9. The quantitative estimate of drug-likeness (QED) is 0.500. The van der Waals surface area contributed by atoms with E-state index in [9.17, 15) is 5.11 Å². The second-order valence-electron chi connectivity index (χ2n) is 9.95. The predicted octanol–water partition coefficient (Wildman–Crippen LogP) is 5.45. The molecule has 1 heterocycles. The average molecular weight is 430 g/mol. The van der Waals surface area contributed by atoms with Crippen LogP contribution in [0.2, 0.25) is 0 Å². The molecule has 1 saturated carbocycles. The number of benzene rings is 2. The van der Waals surface area contributed by atoms with Gasteiger partial charge in [-0.05, 0) is 81.8 Å². The van der Waals surface area contributed by atoms with Crippen molar-refractivity contribution in [2.24, 2.45) is 11.8 Å². The Morgan fingerprint density at radius 2 is 1.84 bits per heavy atom. The first kappa shape index (κ1) is 21.4. The summed E-state index contributed by atoms with van der Waals surface area (Å²) < 4.78 is 0. The minimum atomic E-state index is -0.583. The van der Waals surface area contributed by atoms with Gasteiger partial charge < -0.3 is 15.0 Å². The number of aryl methyl sites for hydroxylation is 1. The van der Waals surface area contributed by atoms with E-state index in [0.29, 0.717) is 5.92 Å². The third-order valence-corrected chi connectivity index (χ3v) is 7.84. The number of imidazole rings is 1. The monoisotopic (exact) mass is 429 g/mol. The van der Waals surface area contributed by atoms with Crippen molar-refractivity contribution >= 4 is 16.6 Å². The molecule has 0 unspecified atom stereocenters. The Hall–Kier alpha value is -2.43. The number of fused-ring (bicyclic) bond motifs is 3. The zero-order valence-electron chi connectivity index (χ0n) is 19.3. The molecule has 1 aromatic heterocycles. The van der Waals surface area contributed by atoms with E-state index in [-0.39, 0.29) is 5.92 Å². The average Bonchev–Trinajstić information content (AvgIpc) is 3.22. The Labute approximate surface area is 191 Å². The van der Waals surface area contributed by atoms with Crippen LogP contribution >= 0.6 is 0 Å². The highest BCUT2D eigenvalue weighted by atomic mass is 16.3. The number of rotatable bonds is 8. The van der Waals surface area contributed by atoms with Crippen molar-refractivity contribution in [2.45, 2.75) is 51.0 Å². The van der Waals surface area contributed by atoms with E-state index in [1.54, 1.807) is 0 Å². The summed E-state index contributed by atoms with van der Waals surface area (Å²) in [7, 11) is 2.18. The molecule has 3 aromatic rings. The largest absolute Gasteiger partial charge is 0.389 e. The first-order valence-electron chi connectivity index (χ1n) is 12.1. The van der Waals surface area contributed by atoms with Crippen LogP contribution in [0.1, 0.15) is 50.4 Å². The third kappa shape index (κ3) is 4.14. The van der Waals surface area contributed by atoms with Gasteiger partial charge in [0, 0.05) is 18.9 Å². The molecule has 2 bridgehead atoms. The smallest absolute Gasteiger partial charge is 0.107 e. The normalized spacial score (nSPS) is 25.2. The molecule has 32 heavy (non-hydrogen) atoms. The van der Waals surface area contributed by atoms with Crippen LogP contribution in [0.5, 0.6) is 0 Å². The summed E-state index contributed by atoms with van der Waals surface area (Å²) in [5.74, 6) is 1.85. The summed E-state index contributed by atoms with van der Waals surface area (Å²) in [6.07, 6.45) is 6.12. The Balaban J connectivity index is 1.18. The molecule has 4 nitrogen and oxygen atoms in total. The van der Waals surface area contributed by atoms with Crippen LogP contribution in [0.3, 0.4) is 0 Å². The number of aromatic amines is 1. The summed E-state index contributed by atoms with van der Waals surface area (Å²) >= 11 is 0. The Morgan fingerprint density at radius 3 is 2.66 bits per heavy atom. The predicted molar refractivity (Wildman–Crippen MR) is 131 cm³/mol. The molecule has 6 rings (SSSR count). The Bertz CT molecular complexity index is 1070. The molecule has 2 aromatic carbocycles. The van der Waals surface area contributed by atoms with Gasteiger partial charge in [-0.25, -0.2) is 4.98 Å². The molecule has 0 saturated heterocycles. The lowest BCUT2D eigenvalue weighted by molar-refractivity contribution is -0.0578. The van der Waals surface area contributed by atoms with E-state index in [0.717, 1.165) is 62.1 Å². The topological polar surface area (TPSA) is 52.1 Å². The fourth-order valence-corrected chi connectivity index (χ4v) is 6.04. The number of hydrogen-bond acceptors (Lipinski definition) is 3. The number of H-pyrrole nitrogens is 1. The zero-order valence-corrected chi connectivity index (χ0v) is 19.3. The maximum Gasteiger partial charge on any atom is 0.107 e.